The molecule has 4 heteroatoms. The SMILES string of the molecule is CCC(C)(C)N(C)Cc1cc(NN)ccn1. The van der Waals surface area contributed by atoms with Crippen LogP contribution in [0.3, 0.4) is 0 Å². The topological polar surface area (TPSA) is 54.2 Å². The van der Waals surface area contributed by atoms with E-state index in [9.17, 15) is 0 Å². The van der Waals surface area contributed by atoms with E-state index < -0.39 is 0 Å². The fraction of sp³-hybridized carbons (Fsp3) is 0.583. The van der Waals surface area contributed by atoms with E-state index >= 15 is 0 Å². The summed E-state index contributed by atoms with van der Waals surface area (Å²) in [6.45, 7) is 7.49. The number of nitrogens with one attached hydrogen (secondary N) is 1. The van der Waals surface area contributed by atoms with Crippen LogP contribution in [0.5, 0.6) is 0 Å². The van der Waals surface area contributed by atoms with Gasteiger partial charge in [0.25, 0.3) is 0 Å². The average Bonchev–Trinajstić information content (AvgIpc) is 2.29. The van der Waals surface area contributed by atoms with Gasteiger partial charge in [0.2, 0.25) is 0 Å². The van der Waals surface area contributed by atoms with Crippen molar-refractivity contribution in [1.29, 1.82) is 0 Å². The van der Waals surface area contributed by atoms with Crippen LogP contribution < -0.4 is 11.3 Å². The number of nitrogens with two attached hydrogens (primary N) is 1. The van der Waals surface area contributed by atoms with Crippen LogP contribution in [0.25, 0.3) is 0 Å². The van der Waals surface area contributed by atoms with Gasteiger partial charge in [-0.3, -0.25) is 15.7 Å². The molecule has 0 aliphatic heterocycles. The van der Waals surface area contributed by atoms with Crippen LogP contribution in [-0.2, 0) is 6.54 Å². The summed E-state index contributed by atoms with van der Waals surface area (Å²) in [4.78, 5) is 6.64. The number of hydrogen-bond donors (Lipinski definition) is 2. The Morgan fingerprint density at radius 2 is 2.19 bits per heavy atom. The zero-order chi connectivity index (χ0) is 12.2. The van der Waals surface area contributed by atoms with Crippen LogP contribution in [0, 0.1) is 0 Å². The van der Waals surface area contributed by atoms with Crippen molar-refractivity contribution in [1.82, 2.24) is 9.88 Å². The van der Waals surface area contributed by atoms with E-state index in [2.05, 4.69) is 43.1 Å². The second kappa shape index (κ2) is 5.27. The largest absolute Gasteiger partial charge is 0.324 e. The van der Waals surface area contributed by atoms with E-state index in [1.807, 2.05) is 12.1 Å². The minimum Gasteiger partial charge on any atom is -0.324 e. The molecule has 0 aliphatic carbocycles. The predicted octanol–water partition coefficient (Wildman–Crippen LogP) is 1.99. The summed E-state index contributed by atoms with van der Waals surface area (Å²) < 4.78 is 0. The van der Waals surface area contributed by atoms with Gasteiger partial charge in [-0.1, -0.05) is 6.92 Å². The molecular weight excluding hydrogens is 200 g/mol. The first-order chi connectivity index (χ1) is 7.49. The Labute approximate surface area is 97.8 Å². The number of pyridine rings is 1. The average molecular weight is 222 g/mol. The molecule has 0 amide bonds. The normalized spacial score (nSPS) is 11.9. The van der Waals surface area contributed by atoms with Gasteiger partial charge >= 0.3 is 0 Å². The molecule has 0 fully saturated rings. The van der Waals surface area contributed by atoms with Gasteiger partial charge in [-0.05, 0) is 39.4 Å². The molecule has 0 bridgehead atoms. The second-order valence-corrected chi connectivity index (χ2v) is 4.70. The molecule has 1 aromatic heterocycles. The Hall–Kier alpha value is -1.13. The molecule has 0 saturated heterocycles. The number of aromatic nitrogens is 1. The molecule has 3 N–H and O–H groups in total. The minimum absolute atomic E-state index is 0.188. The second-order valence-electron chi connectivity index (χ2n) is 4.70. The molecule has 0 aromatic carbocycles. The Morgan fingerprint density at radius 1 is 1.50 bits per heavy atom. The van der Waals surface area contributed by atoms with Gasteiger partial charge in [0.05, 0.1) is 11.4 Å². The molecule has 0 saturated carbocycles. The number of anilines is 1. The van der Waals surface area contributed by atoms with Gasteiger partial charge in [-0.15, -0.1) is 0 Å². The monoisotopic (exact) mass is 222 g/mol. The summed E-state index contributed by atoms with van der Waals surface area (Å²) in [5.41, 5.74) is 4.75. The first-order valence-electron chi connectivity index (χ1n) is 5.62. The molecular formula is C12H22N4. The van der Waals surface area contributed by atoms with Crippen molar-refractivity contribution < 1.29 is 0 Å². The zero-order valence-corrected chi connectivity index (χ0v) is 10.6. The number of nitrogens with zero attached hydrogens (tertiary/aromatic N) is 2. The van der Waals surface area contributed by atoms with E-state index in [-0.39, 0.29) is 5.54 Å². The summed E-state index contributed by atoms with van der Waals surface area (Å²) in [7, 11) is 2.12. The molecule has 0 spiro atoms. The van der Waals surface area contributed by atoms with Crippen molar-refractivity contribution in [3.05, 3.63) is 24.0 Å². The fourth-order valence-electron chi connectivity index (χ4n) is 1.38. The Kier molecular flexibility index (Phi) is 4.26. The standard InChI is InChI=1S/C12H22N4/c1-5-12(2,3)16(4)9-11-8-10(15-13)6-7-14-11/h6-8H,5,9,13H2,1-4H3,(H,14,15). The first kappa shape index (κ1) is 12.9. The molecule has 1 heterocycles. The van der Waals surface area contributed by atoms with Crippen LogP contribution in [0.1, 0.15) is 32.9 Å². The van der Waals surface area contributed by atoms with Gasteiger partial charge in [0.15, 0.2) is 0 Å². The summed E-state index contributed by atoms with van der Waals surface area (Å²) in [5.74, 6) is 5.37. The molecule has 1 rings (SSSR count). The zero-order valence-electron chi connectivity index (χ0n) is 10.6. The van der Waals surface area contributed by atoms with Crippen molar-refractivity contribution in [2.75, 3.05) is 12.5 Å². The Balaban J connectivity index is 2.72. The summed E-state index contributed by atoms with van der Waals surface area (Å²) in [6, 6.07) is 3.83. The molecule has 0 aliphatic rings. The number of hydrogen-bond acceptors (Lipinski definition) is 4. The third-order valence-corrected chi connectivity index (χ3v) is 3.28. The van der Waals surface area contributed by atoms with Crippen LogP contribution in [0.2, 0.25) is 0 Å². The van der Waals surface area contributed by atoms with Gasteiger partial charge in [-0.2, -0.15) is 0 Å². The smallest absolute Gasteiger partial charge is 0.0565 e. The van der Waals surface area contributed by atoms with Crippen LogP contribution in [0.4, 0.5) is 5.69 Å². The third-order valence-electron chi connectivity index (χ3n) is 3.28. The van der Waals surface area contributed by atoms with Crippen molar-refractivity contribution in [2.45, 2.75) is 39.3 Å². The van der Waals surface area contributed by atoms with Crippen molar-refractivity contribution in [3.63, 3.8) is 0 Å². The van der Waals surface area contributed by atoms with Crippen LogP contribution >= 0.6 is 0 Å². The minimum atomic E-state index is 0.188. The quantitative estimate of drug-likeness (QED) is 0.591. The van der Waals surface area contributed by atoms with Gasteiger partial charge < -0.3 is 5.43 Å². The maximum atomic E-state index is 5.37. The molecule has 0 unspecified atom stereocenters. The van der Waals surface area contributed by atoms with E-state index in [1.54, 1.807) is 6.20 Å². The highest BCUT2D eigenvalue weighted by molar-refractivity contribution is 5.41. The highest BCUT2D eigenvalue weighted by Gasteiger charge is 2.21. The fourth-order valence-corrected chi connectivity index (χ4v) is 1.38. The van der Waals surface area contributed by atoms with E-state index in [0.717, 1.165) is 24.3 Å². The lowest BCUT2D eigenvalue weighted by Crippen LogP contribution is -2.40. The maximum absolute atomic E-state index is 5.37. The highest BCUT2D eigenvalue weighted by Crippen LogP contribution is 2.19. The Bertz CT molecular complexity index is 336. The van der Waals surface area contributed by atoms with Gasteiger partial charge in [-0.25, -0.2) is 0 Å². The molecule has 0 atom stereocenters. The summed E-state index contributed by atoms with van der Waals surface area (Å²) in [6.07, 6.45) is 2.88. The number of nitrogen functional groups attached to an aromatic ring is 1. The summed E-state index contributed by atoms with van der Waals surface area (Å²) >= 11 is 0. The van der Waals surface area contributed by atoms with Crippen molar-refractivity contribution in [2.24, 2.45) is 5.84 Å². The van der Waals surface area contributed by atoms with Crippen molar-refractivity contribution in [3.8, 4) is 0 Å². The molecule has 16 heavy (non-hydrogen) atoms. The third kappa shape index (κ3) is 3.18. The summed E-state index contributed by atoms with van der Waals surface area (Å²) in [5, 5.41) is 0. The Morgan fingerprint density at radius 3 is 2.75 bits per heavy atom. The molecule has 4 nitrogen and oxygen atoms in total. The lowest BCUT2D eigenvalue weighted by atomic mass is 10.00. The first-order valence-corrected chi connectivity index (χ1v) is 5.62. The van der Waals surface area contributed by atoms with E-state index in [0.29, 0.717) is 0 Å². The van der Waals surface area contributed by atoms with Gasteiger partial charge in [0, 0.05) is 18.3 Å². The highest BCUT2D eigenvalue weighted by atomic mass is 15.2. The lowest BCUT2D eigenvalue weighted by molar-refractivity contribution is 0.141. The van der Waals surface area contributed by atoms with E-state index in [1.165, 1.54) is 0 Å². The van der Waals surface area contributed by atoms with Crippen molar-refractivity contribution >= 4 is 5.69 Å². The molecule has 1 aromatic rings. The van der Waals surface area contributed by atoms with Crippen LogP contribution in [-0.4, -0.2) is 22.5 Å². The molecule has 0 radical (unpaired) electrons. The lowest BCUT2D eigenvalue weighted by Gasteiger charge is -2.34. The predicted molar refractivity (Wildman–Crippen MR) is 67.9 cm³/mol. The van der Waals surface area contributed by atoms with Crippen LogP contribution in [0.15, 0.2) is 18.3 Å². The number of hydrazine groups is 1. The van der Waals surface area contributed by atoms with Gasteiger partial charge in [0.1, 0.15) is 0 Å². The number of rotatable bonds is 5. The maximum Gasteiger partial charge on any atom is 0.0565 e. The van der Waals surface area contributed by atoms with E-state index in [4.69, 9.17) is 5.84 Å². The molecule has 90 valence electrons.